The van der Waals surface area contributed by atoms with Crippen molar-refractivity contribution < 1.29 is 23.9 Å². The van der Waals surface area contributed by atoms with Crippen LogP contribution in [0.15, 0.2) is 77.9 Å². The van der Waals surface area contributed by atoms with Crippen molar-refractivity contribution in [2.45, 2.75) is 0 Å². The van der Waals surface area contributed by atoms with E-state index in [0.717, 1.165) is 0 Å². The van der Waals surface area contributed by atoms with Crippen molar-refractivity contribution in [3.63, 3.8) is 0 Å². The maximum absolute atomic E-state index is 12.0. The summed E-state index contributed by atoms with van der Waals surface area (Å²) in [5.74, 6) is -0.988. The third-order valence-electron chi connectivity index (χ3n) is 4.33. The van der Waals surface area contributed by atoms with E-state index in [4.69, 9.17) is 21.1 Å². The van der Waals surface area contributed by atoms with Crippen LogP contribution in [0.3, 0.4) is 0 Å². The van der Waals surface area contributed by atoms with Crippen LogP contribution in [0.25, 0.3) is 0 Å². The van der Waals surface area contributed by atoms with E-state index in [-0.39, 0.29) is 12.5 Å². The predicted molar refractivity (Wildman–Crippen MR) is 129 cm³/mol. The molecule has 34 heavy (non-hydrogen) atoms. The van der Waals surface area contributed by atoms with Crippen molar-refractivity contribution in [3.8, 4) is 11.5 Å². The predicted octanol–water partition coefficient (Wildman–Crippen LogP) is 3.45. The molecule has 0 aliphatic rings. The summed E-state index contributed by atoms with van der Waals surface area (Å²) in [4.78, 5) is 35.8. The van der Waals surface area contributed by atoms with Crippen molar-refractivity contribution in [3.05, 3.63) is 83.4 Å². The van der Waals surface area contributed by atoms with E-state index in [2.05, 4.69) is 21.2 Å². The van der Waals surface area contributed by atoms with Crippen LogP contribution in [0.2, 0.25) is 5.02 Å². The van der Waals surface area contributed by atoms with E-state index < -0.39 is 11.8 Å². The van der Waals surface area contributed by atoms with Crippen LogP contribution in [0, 0.1) is 0 Å². The molecular weight excluding hydrogens is 460 g/mol. The van der Waals surface area contributed by atoms with Crippen LogP contribution < -0.4 is 25.5 Å². The zero-order chi connectivity index (χ0) is 24.3. The Labute approximate surface area is 200 Å². The summed E-state index contributed by atoms with van der Waals surface area (Å²) in [7, 11) is 1.57. The summed E-state index contributed by atoms with van der Waals surface area (Å²) in [6.07, 6.45) is 1.36. The molecule has 174 valence electrons. The van der Waals surface area contributed by atoms with Crippen molar-refractivity contribution in [2.24, 2.45) is 5.10 Å². The smallest absolute Gasteiger partial charge is 0.329 e. The second kappa shape index (κ2) is 12.0. The number of hydrogen-bond acceptors (Lipinski definition) is 6. The van der Waals surface area contributed by atoms with Gasteiger partial charge in [-0.3, -0.25) is 14.4 Å². The van der Waals surface area contributed by atoms with E-state index in [9.17, 15) is 14.4 Å². The molecule has 3 aromatic carbocycles. The van der Waals surface area contributed by atoms with Gasteiger partial charge in [0.05, 0.1) is 24.0 Å². The van der Waals surface area contributed by atoms with Crippen LogP contribution in [0.4, 0.5) is 11.4 Å². The highest BCUT2D eigenvalue weighted by Gasteiger charge is 2.14. The fourth-order valence-electron chi connectivity index (χ4n) is 2.63. The Morgan fingerprint density at radius 2 is 1.56 bits per heavy atom. The van der Waals surface area contributed by atoms with Gasteiger partial charge in [-0.25, -0.2) is 5.43 Å². The van der Waals surface area contributed by atoms with Gasteiger partial charge in [-0.15, -0.1) is 0 Å². The molecule has 3 rings (SSSR count). The number of methoxy groups -OCH3 is 1. The number of hydrazone groups is 1. The van der Waals surface area contributed by atoms with Gasteiger partial charge in [-0.1, -0.05) is 23.7 Å². The largest absolute Gasteiger partial charge is 0.497 e. The lowest BCUT2D eigenvalue weighted by Crippen LogP contribution is -2.32. The van der Waals surface area contributed by atoms with Crippen LogP contribution >= 0.6 is 11.6 Å². The number of ether oxygens (including phenoxy) is 2. The quantitative estimate of drug-likeness (QED) is 0.259. The van der Waals surface area contributed by atoms with Gasteiger partial charge in [0.1, 0.15) is 11.5 Å². The molecule has 0 saturated carbocycles. The highest BCUT2D eigenvalue weighted by Crippen LogP contribution is 2.20. The molecule has 0 aliphatic heterocycles. The number of nitrogens with one attached hydrogen (secondary N) is 3. The van der Waals surface area contributed by atoms with Crippen molar-refractivity contribution in [1.82, 2.24) is 5.43 Å². The van der Waals surface area contributed by atoms with Gasteiger partial charge in [0.2, 0.25) is 0 Å². The summed E-state index contributed by atoms with van der Waals surface area (Å²) in [5.41, 5.74) is 3.73. The minimum Gasteiger partial charge on any atom is -0.497 e. The molecule has 0 aromatic heterocycles. The first-order chi connectivity index (χ1) is 16.4. The zero-order valence-electron chi connectivity index (χ0n) is 18.1. The topological polar surface area (TPSA) is 118 Å². The Bertz CT molecular complexity index is 1180. The summed E-state index contributed by atoms with van der Waals surface area (Å²) in [5, 5.41) is 9.19. The molecule has 0 bridgehead atoms. The van der Waals surface area contributed by atoms with E-state index in [1.54, 1.807) is 79.9 Å². The first-order valence-electron chi connectivity index (χ1n) is 10.0. The lowest BCUT2D eigenvalue weighted by atomic mass is 10.2. The molecule has 0 fully saturated rings. The fourth-order valence-corrected chi connectivity index (χ4v) is 2.81. The van der Waals surface area contributed by atoms with Gasteiger partial charge in [0.15, 0.2) is 6.61 Å². The van der Waals surface area contributed by atoms with E-state index in [0.29, 0.717) is 33.5 Å². The number of para-hydroxylation sites is 1. The number of halogens is 1. The highest BCUT2D eigenvalue weighted by molar-refractivity contribution is 6.41. The van der Waals surface area contributed by atoms with Gasteiger partial charge in [-0.05, 0) is 66.2 Å². The Balaban J connectivity index is 1.42. The molecule has 3 N–H and O–H groups in total. The van der Waals surface area contributed by atoms with Gasteiger partial charge in [-0.2, -0.15) is 5.10 Å². The molecule has 0 aliphatic carbocycles. The molecule has 3 aromatic rings. The number of anilines is 2. The lowest BCUT2D eigenvalue weighted by molar-refractivity contribution is -0.136. The second-order valence-corrected chi connectivity index (χ2v) is 7.17. The maximum Gasteiger partial charge on any atom is 0.329 e. The van der Waals surface area contributed by atoms with E-state index in [1.165, 1.54) is 6.21 Å². The number of hydrogen-bond donors (Lipinski definition) is 3. The van der Waals surface area contributed by atoms with E-state index in [1.807, 2.05) is 0 Å². The fraction of sp³-hybridized carbons (Fsp3) is 0.0833. The van der Waals surface area contributed by atoms with Gasteiger partial charge >= 0.3 is 11.8 Å². The molecule has 3 amide bonds. The number of nitrogens with zero attached hydrogens (tertiary/aromatic N) is 1. The molecule has 0 atom stereocenters. The molecule has 0 heterocycles. The number of carbonyl (C=O) groups is 3. The first-order valence-corrected chi connectivity index (χ1v) is 10.4. The molecule has 0 radical (unpaired) electrons. The standard InChI is InChI=1S/C24H21ClN4O5/c1-33-18-12-8-17(9-13-18)27-22(30)15-34-19-10-6-16(7-11-19)14-26-29-24(32)23(31)28-21-5-3-2-4-20(21)25/h2-14H,15H2,1H3,(H,27,30)(H,28,31)(H,29,32)/b26-14-. The Morgan fingerprint density at radius 1 is 0.882 bits per heavy atom. The molecule has 9 nitrogen and oxygen atoms in total. The average molecular weight is 481 g/mol. The molecular formula is C24H21ClN4O5. The normalized spacial score (nSPS) is 10.4. The third-order valence-corrected chi connectivity index (χ3v) is 4.66. The summed E-state index contributed by atoms with van der Waals surface area (Å²) in [6.45, 7) is -0.171. The Hall–Kier alpha value is -4.37. The van der Waals surface area contributed by atoms with Crippen molar-refractivity contribution in [1.29, 1.82) is 0 Å². The monoisotopic (exact) mass is 480 g/mol. The number of amides is 3. The molecule has 0 spiro atoms. The van der Waals surface area contributed by atoms with Gasteiger partial charge in [0, 0.05) is 5.69 Å². The van der Waals surface area contributed by atoms with Gasteiger partial charge in [0.25, 0.3) is 5.91 Å². The SMILES string of the molecule is COc1ccc(NC(=O)COc2ccc(/C=N\NC(=O)C(=O)Nc3ccccc3Cl)cc2)cc1. The number of carbonyl (C=O) groups excluding carboxylic acids is 3. The van der Waals surface area contributed by atoms with Crippen LogP contribution in [-0.2, 0) is 14.4 Å². The second-order valence-electron chi connectivity index (χ2n) is 6.77. The Morgan fingerprint density at radius 3 is 2.24 bits per heavy atom. The van der Waals surface area contributed by atoms with Crippen LogP contribution in [-0.4, -0.2) is 37.7 Å². The average Bonchev–Trinajstić information content (AvgIpc) is 2.85. The van der Waals surface area contributed by atoms with Crippen molar-refractivity contribution in [2.75, 3.05) is 24.4 Å². The third kappa shape index (κ3) is 7.35. The summed E-state index contributed by atoms with van der Waals surface area (Å²) in [6, 6.07) is 20.1. The number of benzene rings is 3. The van der Waals surface area contributed by atoms with Gasteiger partial charge < -0.3 is 20.1 Å². The summed E-state index contributed by atoms with van der Waals surface area (Å²) < 4.78 is 10.5. The van der Waals surface area contributed by atoms with Crippen molar-refractivity contribution >= 4 is 46.9 Å². The molecule has 0 saturated heterocycles. The highest BCUT2D eigenvalue weighted by atomic mass is 35.5. The molecule has 10 heteroatoms. The Kier molecular flexibility index (Phi) is 8.59. The minimum absolute atomic E-state index is 0.171. The summed E-state index contributed by atoms with van der Waals surface area (Å²) >= 11 is 5.94. The molecule has 0 unspecified atom stereocenters. The van der Waals surface area contributed by atoms with Crippen LogP contribution in [0.5, 0.6) is 11.5 Å². The lowest BCUT2D eigenvalue weighted by Gasteiger charge is -2.08. The minimum atomic E-state index is -0.945. The number of rotatable bonds is 8. The maximum atomic E-state index is 12.0. The van der Waals surface area contributed by atoms with E-state index >= 15 is 0 Å². The zero-order valence-corrected chi connectivity index (χ0v) is 18.8. The van der Waals surface area contributed by atoms with Crippen LogP contribution in [0.1, 0.15) is 5.56 Å². The first kappa shape index (κ1) is 24.3.